The van der Waals surface area contributed by atoms with Crippen molar-refractivity contribution in [3.8, 4) is 5.75 Å². The molecule has 2 atom stereocenters. The summed E-state index contributed by atoms with van der Waals surface area (Å²) in [7, 11) is 1.64. The molecule has 0 spiro atoms. The van der Waals surface area contributed by atoms with E-state index in [2.05, 4.69) is 44.0 Å². The molecule has 0 radical (unpaired) electrons. The van der Waals surface area contributed by atoms with Crippen LogP contribution in [0.5, 0.6) is 5.75 Å². The van der Waals surface area contributed by atoms with Crippen molar-refractivity contribution in [2.45, 2.75) is 39.8 Å². The summed E-state index contributed by atoms with van der Waals surface area (Å²) in [6, 6.07) is 6.96. The van der Waals surface area contributed by atoms with Crippen molar-refractivity contribution in [1.29, 1.82) is 0 Å². The molecule has 0 bridgehead atoms. The molecule has 2 rings (SSSR count). The zero-order valence-electron chi connectivity index (χ0n) is 13.0. The van der Waals surface area contributed by atoms with E-state index >= 15 is 0 Å². The number of methoxy groups -OCH3 is 1. The molecule has 1 aromatic rings. The molecule has 0 amide bonds. The standard InChI is InChI=1S/C16H25ClN2O/c1-11-9-18-15(16(2,3)4)10-19(11)12-6-7-14(20-5)13(17)8-12/h6-8,11,15,18H,9-10H2,1-5H3. The zero-order chi connectivity index (χ0) is 14.9. The normalized spacial score (nSPS) is 23.8. The van der Waals surface area contributed by atoms with Crippen molar-refractivity contribution in [1.82, 2.24) is 5.32 Å². The van der Waals surface area contributed by atoms with Gasteiger partial charge in [-0.25, -0.2) is 0 Å². The molecular weight excluding hydrogens is 272 g/mol. The van der Waals surface area contributed by atoms with Crippen molar-refractivity contribution in [2.75, 3.05) is 25.1 Å². The first-order valence-corrected chi connectivity index (χ1v) is 7.54. The fourth-order valence-electron chi connectivity index (χ4n) is 2.64. The summed E-state index contributed by atoms with van der Waals surface area (Å²) in [5, 5.41) is 4.32. The van der Waals surface area contributed by atoms with E-state index < -0.39 is 0 Å². The van der Waals surface area contributed by atoms with E-state index in [9.17, 15) is 0 Å². The number of hydrogen-bond acceptors (Lipinski definition) is 3. The number of anilines is 1. The molecule has 1 aliphatic rings. The fourth-order valence-corrected chi connectivity index (χ4v) is 2.89. The van der Waals surface area contributed by atoms with Crippen LogP contribution in [0.2, 0.25) is 5.02 Å². The van der Waals surface area contributed by atoms with Crippen molar-refractivity contribution >= 4 is 17.3 Å². The van der Waals surface area contributed by atoms with Crippen LogP contribution in [0.15, 0.2) is 18.2 Å². The molecule has 112 valence electrons. The van der Waals surface area contributed by atoms with E-state index in [1.165, 1.54) is 5.69 Å². The lowest BCUT2D eigenvalue weighted by molar-refractivity contribution is 0.239. The van der Waals surface area contributed by atoms with Crippen molar-refractivity contribution < 1.29 is 4.74 Å². The van der Waals surface area contributed by atoms with Crippen LogP contribution in [-0.4, -0.2) is 32.3 Å². The Morgan fingerprint density at radius 3 is 2.60 bits per heavy atom. The second-order valence-corrected chi connectivity index (χ2v) is 7.05. The summed E-state index contributed by atoms with van der Waals surface area (Å²) in [5.41, 5.74) is 1.41. The van der Waals surface area contributed by atoms with E-state index in [1.807, 2.05) is 12.1 Å². The van der Waals surface area contributed by atoms with Crippen molar-refractivity contribution in [3.63, 3.8) is 0 Å². The van der Waals surface area contributed by atoms with Crippen molar-refractivity contribution in [3.05, 3.63) is 23.2 Å². The zero-order valence-corrected chi connectivity index (χ0v) is 13.8. The SMILES string of the molecule is COc1ccc(N2CC(C(C)(C)C)NCC2C)cc1Cl. The molecule has 0 saturated carbocycles. The van der Waals surface area contributed by atoms with Gasteiger partial charge in [0.05, 0.1) is 12.1 Å². The highest BCUT2D eigenvalue weighted by Gasteiger charge is 2.32. The van der Waals surface area contributed by atoms with Gasteiger partial charge in [0.1, 0.15) is 5.75 Å². The van der Waals surface area contributed by atoms with Gasteiger partial charge in [0.25, 0.3) is 0 Å². The topological polar surface area (TPSA) is 24.5 Å². The Balaban J connectivity index is 2.23. The molecule has 0 aromatic heterocycles. The van der Waals surface area contributed by atoms with Crippen molar-refractivity contribution in [2.24, 2.45) is 5.41 Å². The monoisotopic (exact) mass is 296 g/mol. The minimum Gasteiger partial charge on any atom is -0.495 e. The average Bonchev–Trinajstić information content (AvgIpc) is 2.37. The smallest absolute Gasteiger partial charge is 0.137 e. The van der Waals surface area contributed by atoms with Crippen LogP contribution in [0.25, 0.3) is 0 Å². The first kappa shape index (κ1) is 15.5. The quantitative estimate of drug-likeness (QED) is 0.903. The molecule has 2 unspecified atom stereocenters. The third-order valence-corrected chi connectivity index (χ3v) is 4.38. The summed E-state index contributed by atoms with van der Waals surface area (Å²) in [4.78, 5) is 2.43. The van der Waals surface area contributed by atoms with Gasteiger partial charge in [-0.05, 0) is 30.5 Å². The van der Waals surface area contributed by atoms with Crippen LogP contribution in [0.3, 0.4) is 0 Å². The molecular formula is C16H25ClN2O. The second-order valence-electron chi connectivity index (χ2n) is 6.65. The highest BCUT2D eigenvalue weighted by molar-refractivity contribution is 6.32. The van der Waals surface area contributed by atoms with Gasteiger partial charge in [0.15, 0.2) is 0 Å². The molecule has 1 saturated heterocycles. The number of piperazine rings is 1. The first-order valence-electron chi connectivity index (χ1n) is 7.16. The van der Waals surface area contributed by atoms with Gasteiger partial charge in [-0.3, -0.25) is 0 Å². The summed E-state index contributed by atoms with van der Waals surface area (Å²) in [5.74, 6) is 0.727. The van der Waals surface area contributed by atoms with E-state index in [-0.39, 0.29) is 5.41 Å². The average molecular weight is 297 g/mol. The number of nitrogens with one attached hydrogen (secondary N) is 1. The first-order chi connectivity index (χ1) is 9.32. The molecule has 1 fully saturated rings. The van der Waals surface area contributed by atoms with Crippen LogP contribution < -0.4 is 15.0 Å². The highest BCUT2D eigenvalue weighted by Crippen LogP contribution is 2.32. The number of benzene rings is 1. The lowest BCUT2D eigenvalue weighted by Gasteiger charge is -2.45. The Hall–Kier alpha value is -0.930. The van der Waals surface area contributed by atoms with Crippen LogP contribution in [-0.2, 0) is 0 Å². The molecule has 3 nitrogen and oxygen atoms in total. The number of nitrogens with zero attached hydrogens (tertiary/aromatic N) is 1. The summed E-state index contributed by atoms with van der Waals surface area (Å²) in [6.07, 6.45) is 0. The van der Waals surface area contributed by atoms with Gasteiger partial charge in [-0.15, -0.1) is 0 Å². The molecule has 1 heterocycles. The molecule has 1 N–H and O–H groups in total. The van der Waals surface area contributed by atoms with E-state index in [4.69, 9.17) is 16.3 Å². The highest BCUT2D eigenvalue weighted by atomic mass is 35.5. The summed E-state index contributed by atoms with van der Waals surface area (Å²) >= 11 is 6.26. The van der Waals surface area contributed by atoms with Gasteiger partial charge in [0.2, 0.25) is 0 Å². The minimum atomic E-state index is 0.245. The Bertz CT molecular complexity index is 470. The lowest BCUT2D eigenvalue weighted by Crippen LogP contribution is -2.59. The van der Waals surface area contributed by atoms with Gasteiger partial charge >= 0.3 is 0 Å². The maximum Gasteiger partial charge on any atom is 0.137 e. The minimum absolute atomic E-state index is 0.245. The van der Waals surface area contributed by atoms with Gasteiger partial charge in [0, 0.05) is 30.9 Å². The number of halogens is 1. The van der Waals surface area contributed by atoms with Gasteiger partial charge in [-0.2, -0.15) is 0 Å². The van der Waals surface area contributed by atoms with Gasteiger partial charge in [-0.1, -0.05) is 32.4 Å². The second kappa shape index (κ2) is 5.82. The van der Waals surface area contributed by atoms with E-state index in [1.54, 1.807) is 7.11 Å². The number of rotatable bonds is 2. The maximum absolute atomic E-state index is 6.26. The van der Waals surface area contributed by atoms with Gasteiger partial charge < -0.3 is 15.0 Å². The Morgan fingerprint density at radius 2 is 2.05 bits per heavy atom. The fraction of sp³-hybridized carbons (Fsp3) is 0.625. The largest absolute Gasteiger partial charge is 0.495 e. The summed E-state index contributed by atoms with van der Waals surface area (Å²) < 4.78 is 5.23. The van der Waals surface area contributed by atoms with E-state index in [0.29, 0.717) is 17.1 Å². The van der Waals surface area contributed by atoms with Crippen LogP contribution in [0.1, 0.15) is 27.7 Å². The third kappa shape index (κ3) is 3.21. The van der Waals surface area contributed by atoms with Crippen LogP contribution >= 0.6 is 11.6 Å². The Labute approximate surface area is 127 Å². The molecule has 1 aromatic carbocycles. The van der Waals surface area contributed by atoms with E-state index in [0.717, 1.165) is 18.8 Å². The lowest BCUT2D eigenvalue weighted by atomic mass is 9.84. The van der Waals surface area contributed by atoms with Crippen LogP contribution in [0, 0.1) is 5.41 Å². The molecule has 20 heavy (non-hydrogen) atoms. The molecule has 1 aliphatic heterocycles. The maximum atomic E-state index is 6.26. The summed E-state index contributed by atoms with van der Waals surface area (Å²) in [6.45, 7) is 11.1. The molecule has 4 heteroatoms. The number of ether oxygens (including phenoxy) is 1. The predicted octanol–water partition coefficient (Wildman–Crippen LogP) is 3.56. The third-order valence-electron chi connectivity index (χ3n) is 4.08. The molecule has 0 aliphatic carbocycles. The Kier molecular flexibility index (Phi) is 4.50. The predicted molar refractivity (Wildman–Crippen MR) is 86.1 cm³/mol. The van der Waals surface area contributed by atoms with Crippen LogP contribution in [0.4, 0.5) is 5.69 Å². The number of hydrogen-bond donors (Lipinski definition) is 1. The Morgan fingerprint density at radius 1 is 1.35 bits per heavy atom.